The molecule has 1 N–H and O–H groups in total. The van der Waals surface area contributed by atoms with Gasteiger partial charge in [0, 0.05) is 28.1 Å². The number of carbonyl (C=O) groups is 1. The highest BCUT2D eigenvalue weighted by atomic mass is 79.9. The van der Waals surface area contributed by atoms with E-state index in [0.29, 0.717) is 16.0 Å². The zero-order chi connectivity index (χ0) is 12.8. The molecule has 0 aromatic heterocycles. The lowest BCUT2D eigenvalue weighted by atomic mass is 10.2. The Morgan fingerprint density at radius 3 is 2.76 bits per heavy atom. The summed E-state index contributed by atoms with van der Waals surface area (Å²) in [5.41, 5.74) is 0.960. The SMILES string of the molecule is O=C(O)CCSCc1ccc([N+](=O)[O-])cc1Br. The summed E-state index contributed by atoms with van der Waals surface area (Å²) in [5.74, 6) is 0.338. The first-order chi connectivity index (χ1) is 8.00. The van der Waals surface area contributed by atoms with Gasteiger partial charge in [-0.25, -0.2) is 0 Å². The van der Waals surface area contributed by atoms with E-state index in [1.54, 1.807) is 6.07 Å². The van der Waals surface area contributed by atoms with Crippen molar-refractivity contribution in [3.05, 3.63) is 38.3 Å². The molecule has 7 heteroatoms. The molecule has 1 rings (SSSR count). The predicted octanol–water partition coefficient (Wildman–Crippen LogP) is 3.07. The number of nitro benzene ring substituents is 1. The van der Waals surface area contributed by atoms with Crippen LogP contribution in [0.1, 0.15) is 12.0 Å². The molecular weight excluding hydrogens is 310 g/mol. The van der Waals surface area contributed by atoms with Gasteiger partial charge in [0.1, 0.15) is 0 Å². The number of hydrogen-bond acceptors (Lipinski definition) is 4. The van der Waals surface area contributed by atoms with Gasteiger partial charge >= 0.3 is 5.97 Å². The molecule has 5 nitrogen and oxygen atoms in total. The zero-order valence-corrected chi connectivity index (χ0v) is 11.2. The summed E-state index contributed by atoms with van der Waals surface area (Å²) in [6.07, 6.45) is 0.120. The number of nitrogens with zero attached hydrogens (tertiary/aromatic N) is 1. The summed E-state index contributed by atoms with van der Waals surface area (Å²) in [6, 6.07) is 4.57. The molecule has 0 saturated carbocycles. The van der Waals surface area contributed by atoms with Gasteiger partial charge in [0.2, 0.25) is 0 Å². The lowest BCUT2D eigenvalue weighted by Crippen LogP contribution is -1.96. The van der Waals surface area contributed by atoms with Gasteiger partial charge in [-0.2, -0.15) is 11.8 Å². The highest BCUT2D eigenvalue weighted by Crippen LogP contribution is 2.26. The van der Waals surface area contributed by atoms with Crippen molar-refractivity contribution in [2.24, 2.45) is 0 Å². The van der Waals surface area contributed by atoms with E-state index in [1.165, 1.54) is 23.9 Å². The van der Waals surface area contributed by atoms with E-state index in [9.17, 15) is 14.9 Å². The number of benzene rings is 1. The monoisotopic (exact) mass is 319 g/mol. The molecule has 0 aliphatic heterocycles. The standard InChI is InChI=1S/C10H10BrNO4S/c11-9-5-8(12(15)16)2-1-7(9)6-17-4-3-10(13)14/h1-2,5H,3-4,6H2,(H,13,14). The van der Waals surface area contributed by atoms with Crippen molar-refractivity contribution in [1.82, 2.24) is 0 Å². The Bertz CT molecular complexity index is 438. The molecule has 0 bridgehead atoms. The molecule has 0 aliphatic rings. The van der Waals surface area contributed by atoms with Crippen LogP contribution in [-0.4, -0.2) is 21.8 Å². The van der Waals surface area contributed by atoms with Crippen LogP contribution in [0.5, 0.6) is 0 Å². The van der Waals surface area contributed by atoms with Crippen molar-refractivity contribution < 1.29 is 14.8 Å². The quantitative estimate of drug-likeness (QED) is 0.495. The fourth-order valence-corrected chi connectivity index (χ4v) is 2.74. The number of nitro groups is 1. The molecule has 0 heterocycles. The average Bonchev–Trinajstić information content (AvgIpc) is 2.25. The fourth-order valence-electron chi connectivity index (χ4n) is 1.11. The van der Waals surface area contributed by atoms with Gasteiger partial charge in [0.15, 0.2) is 0 Å². The normalized spacial score (nSPS) is 10.2. The second kappa shape index (κ2) is 6.61. The molecule has 0 spiro atoms. The van der Waals surface area contributed by atoms with Crippen LogP contribution in [0.3, 0.4) is 0 Å². The van der Waals surface area contributed by atoms with Crippen molar-refractivity contribution in [1.29, 1.82) is 0 Å². The average molecular weight is 320 g/mol. The van der Waals surface area contributed by atoms with Gasteiger partial charge in [0.05, 0.1) is 11.3 Å². The summed E-state index contributed by atoms with van der Waals surface area (Å²) in [5, 5.41) is 19.0. The van der Waals surface area contributed by atoms with E-state index in [-0.39, 0.29) is 12.1 Å². The minimum atomic E-state index is -0.819. The molecule has 92 valence electrons. The van der Waals surface area contributed by atoms with Crippen LogP contribution < -0.4 is 0 Å². The van der Waals surface area contributed by atoms with Crippen LogP contribution >= 0.6 is 27.7 Å². The number of thioether (sulfide) groups is 1. The molecule has 0 amide bonds. The van der Waals surface area contributed by atoms with Crippen LogP contribution in [-0.2, 0) is 10.5 Å². The lowest BCUT2D eigenvalue weighted by Gasteiger charge is -2.03. The minimum absolute atomic E-state index is 0.0381. The number of hydrogen-bond donors (Lipinski definition) is 1. The van der Waals surface area contributed by atoms with E-state index in [1.807, 2.05) is 0 Å². The van der Waals surface area contributed by atoms with Crippen LogP contribution in [0.25, 0.3) is 0 Å². The van der Waals surface area contributed by atoms with E-state index in [0.717, 1.165) is 5.56 Å². The Morgan fingerprint density at radius 1 is 1.53 bits per heavy atom. The summed E-state index contributed by atoms with van der Waals surface area (Å²) in [7, 11) is 0. The van der Waals surface area contributed by atoms with Crippen LogP contribution in [0.4, 0.5) is 5.69 Å². The Hall–Kier alpha value is -1.08. The van der Waals surface area contributed by atoms with Crippen LogP contribution in [0, 0.1) is 10.1 Å². The van der Waals surface area contributed by atoms with Crippen molar-refractivity contribution >= 4 is 39.3 Å². The number of halogens is 1. The molecule has 0 fully saturated rings. The summed E-state index contributed by atoms with van der Waals surface area (Å²) < 4.78 is 0.675. The maximum absolute atomic E-state index is 10.5. The Labute approximate surface area is 110 Å². The highest BCUT2D eigenvalue weighted by Gasteiger charge is 2.09. The molecule has 0 saturated heterocycles. The third-order valence-corrected chi connectivity index (χ3v) is 3.71. The summed E-state index contributed by atoms with van der Waals surface area (Å²) in [6.45, 7) is 0. The third-order valence-electron chi connectivity index (χ3n) is 1.97. The molecule has 0 aliphatic carbocycles. The molecule has 1 aromatic carbocycles. The number of carboxylic acids is 1. The third kappa shape index (κ3) is 4.74. The van der Waals surface area contributed by atoms with Gasteiger partial charge in [-0.1, -0.05) is 22.0 Å². The van der Waals surface area contributed by atoms with Gasteiger partial charge in [-0.3, -0.25) is 14.9 Å². The first kappa shape index (κ1) is 14.0. The lowest BCUT2D eigenvalue weighted by molar-refractivity contribution is -0.384. The smallest absolute Gasteiger partial charge is 0.304 e. The molecular formula is C10H10BrNO4S. The molecule has 0 unspecified atom stereocenters. The molecule has 1 aromatic rings. The first-order valence-electron chi connectivity index (χ1n) is 4.73. The minimum Gasteiger partial charge on any atom is -0.481 e. The van der Waals surface area contributed by atoms with E-state index in [4.69, 9.17) is 5.11 Å². The number of aliphatic carboxylic acids is 1. The number of carboxylic acid groups (broad SMARTS) is 1. The predicted molar refractivity (Wildman–Crippen MR) is 69.2 cm³/mol. The van der Waals surface area contributed by atoms with E-state index >= 15 is 0 Å². The number of non-ortho nitro benzene ring substituents is 1. The van der Waals surface area contributed by atoms with E-state index < -0.39 is 10.9 Å². The van der Waals surface area contributed by atoms with Gasteiger partial charge < -0.3 is 5.11 Å². The Balaban J connectivity index is 2.54. The van der Waals surface area contributed by atoms with Crippen LogP contribution in [0.2, 0.25) is 0 Å². The van der Waals surface area contributed by atoms with E-state index in [2.05, 4.69) is 15.9 Å². The topological polar surface area (TPSA) is 80.4 Å². The Kier molecular flexibility index (Phi) is 5.43. The van der Waals surface area contributed by atoms with Crippen molar-refractivity contribution in [2.75, 3.05) is 5.75 Å². The maximum atomic E-state index is 10.5. The zero-order valence-electron chi connectivity index (χ0n) is 8.76. The highest BCUT2D eigenvalue weighted by molar-refractivity contribution is 9.10. The van der Waals surface area contributed by atoms with Crippen molar-refractivity contribution in [3.8, 4) is 0 Å². The fraction of sp³-hybridized carbons (Fsp3) is 0.300. The second-order valence-electron chi connectivity index (χ2n) is 3.23. The van der Waals surface area contributed by atoms with Crippen LogP contribution in [0.15, 0.2) is 22.7 Å². The number of rotatable bonds is 6. The molecule has 0 atom stereocenters. The Morgan fingerprint density at radius 2 is 2.24 bits per heavy atom. The van der Waals surface area contributed by atoms with Crippen molar-refractivity contribution in [2.45, 2.75) is 12.2 Å². The summed E-state index contributed by atoms with van der Waals surface area (Å²) >= 11 is 4.74. The molecule has 17 heavy (non-hydrogen) atoms. The van der Waals surface area contributed by atoms with Crippen molar-refractivity contribution in [3.63, 3.8) is 0 Å². The molecule has 0 radical (unpaired) electrons. The first-order valence-corrected chi connectivity index (χ1v) is 6.68. The second-order valence-corrected chi connectivity index (χ2v) is 5.19. The van der Waals surface area contributed by atoms with Gasteiger partial charge in [0.25, 0.3) is 5.69 Å². The maximum Gasteiger partial charge on any atom is 0.304 e. The summed E-state index contributed by atoms with van der Waals surface area (Å²) in [4.78, 5) is 20.4. The van der Waals surface area contributed by atoms with Gasteiger partial charge in [-0.15, -0.1) is 0 Å². The van der Waals surface area contributed by atoms with Gasteiger partial charge in [-0.05, 0) is 5.56 Å². The largest absolute Gasteiger partial charge is 0.481 e.